The van der Waals surface area contributed by atoms with Crippen molar-refractivity contribution in [1.29, 1.82) is 0 Å². The Bertz CT molecular complexity index is 879. The molecule has 3 aliphatic rings. The van der Waals surface area contributed by atoms with Crippen LogP contribution >= 0.6 is 0 Å². The first-order chi connectivity index (χ1) is 14.3. The predicted molar refractivity (Wildman–Crippen MR) is 108 cm³/mol. The number of nitrogens with zero attached hydrogens (tertiary/aromatic N) is 5. The summed E-state index contributed by atoms with van der Waals surface area (Å²) in [5, 5.41) is 0. The number of aromatic nitrogens is 2. The third-order valence-electron chi connectivity index (χ3n) is 5.63. The van der Waals surface area contributed by atoms with Gasteiger partial charge in [0.2, 0.25) is 5.95 Å². The molecule has 2 saturated heterocycles. The first-order valence-electron chi connectivity index (χ1n) is 10.2. The maximum absolute atomic E-state index is 13.2. The van der Waals surface area contributed by atoms with Gasteiger partial charge in [0, 0.05) is 38.3 Å². The Labute approximate surface area is 170 Å². The molecule has 29 heavy (non-hydrogen) atoms. The van der Waals surface area contributed by atoms with Gasteiger partial charge in [0.1, 0.15) is 11.5 Å². The van der Waals surface area contributed by atoms with Crippen molar-refractivity contribution in [3.8, 4) is 0 Å². The van der Waals surface area contributed by atoms with Crippen LogP contribution in [0, 0.1) is 0 Å². The number of ether oxygens (including phenoxy) is 2. The summed E-state index contributed by atoms with van der Waals surface area (Å²) < 4.78 is 11.0. The molecule has 0 atom stereocenters. The minimum Gasteiger partial charge on any atom is -0.378 e. The van der Waals surface area contributed by atoms with E-state index in [1.807, 2.05) is 35.2 Å². The number of benzene rings is 1. The highest BCUT2D eigenvalue weighted by molar-refractivity contribution is 5.98. The third kappa shape index (κ3) is 3.65. The number of anilines is 2. The van der Waals surface area contributed by atoms with E-state index in [0.29, 0.717) is 51.2 Å². The topological polar surface area (TPSA) is 71.0 Å². The third-order valence-corrected chi connectivity index (χ3v) is 5.63. The Morgan fingerprint density at radius 2 is 1.52 bits per heavy atom. The Morgan fingerprint density at radius 3 is 2.21 bits per heavy atom. The van der Waals surface area contributed by atoms with Crippen LogP contribution in [-0.2, 0) is 22.6 Å². The molecule has 1 amide bonds. The summed E-state index contributed by atoms with van der Waals surface area (Å²) in [6.45, 7) is 6.80. The Hall–Kier alpha value is -2.71. The van der Waals surface area contributed by atoms with Gasteiger partial charge in [0.05, 0.1) is 33.0 Å². The van der Waals surface area contributed by atoms with E-state index in [4.69, 9.17) is 19.4 Å². The van der Waals surface area contributed by atoms with Crippen LogP contribution in [0.4, 0.5) is 11.8 Å². The number of morpholine rings is 2. The number of hydrogen-bond donors (Lipinski definition) is 0. The van der Waals surface area contributed by atoms with Crippen LogP contribution in [0.25, 0.3) is 0 Å². The van der Waals surface area contributed by atoms with Crippen LogP contribution in [0.2, 0.25) is 0 Å². The first kappa shape index (κ1) is 18.3. The highest BCUT2D eigenvalue weighted by Gasteiger charge is 2.35. The maximum Gasteiger partial charge on any atom is 0.273 e. The van der Waals surface area contributed by atoms with Crippen molar-refractivity contribution in [3.05, 3.63) is 47.2 Å². The summed E-state index contributed by atoms with van der Waals surface area (Å²) >= 11 is 0. The second kappa shape index (κ2) is 7.96. The minimum absolute atomic E-state index is 0.0183. The molecule has 4 heterocycles. The number of carbonyl (C=O) groups is 1. The molecule has 2 fully saturated rings. The van der Waals surface area contributed by atoms with E-state index in [1.165, 1.54) is 0 Å². The second-order valence-corrected chi connectivity index (χ2v) is 7.52. The molecule has 2 aromatic rings. The van der Waals surface area contributed by atoms with Gasteiger partial charge in [-0.15, -0.1) is 0 Å². The summed E-state index contributed by atoms with van der Waals surface area (Å²) in [7, 11) is 0. The summed E-state index contributed by atoms with van der Waals surface area (Å²) in [5.74, 6) is 1.49. The van der Waals surface area contributed by atoms with Crippen LogP contribution in [0.1, 0.15) is 21.6 Å². The van der Waals surface area contributed by atoms with E-state index < -0.39 is 0 Å². The van der Waals surface area contributed by atoms with E-state index >= 15 is 0 Å². The van der Waals surface area contributed by atoms with Crippen LogP contribution in [0.15, 0.2) is 30.3 Å². The standard InChI is InChI=1S/C21H25N5O3/c27-20-18-17(15-26(20)14-16-4-2-1-3-5-16)19(24-6-10-28-11-7-24)23-21(22-18)25-8-12-29-13-9-25/h1-5H,6-15H2. The molecule has 5 rings (SSSR count). The zero-order chi connectivity index (χ0) is 19.6. The summed E-state index contributed by atoms with van der Waals surface area (Å²) in [6, 6.07) is 10.1. The Balaban J connectivity index is 1.49. The minimum atomic E-state index is -0.0183. The lowest BCUT2D eigenvalue weighted by atomic mass is 10.2. The van der Waals surface area contributed by atoms with Crippen molar-refractivity contribution in [1.82, 2.24) is 14.9 Å². The highest BCUT2D eigenvalue weighted by atomic mass is 16.5. The van der Waals surface area contributed by atoms with Gasteiger partial charge in [-0.2, -0.15) is 4.98 Å². The lowest BCUT2D eigenvalue weighted by Crippen LogP contribution is -2.40. The monoisotopic (exact) mass is 395 g/mol. The number of rotatable bonds is 4. The van der Waals surface area contributed by atoms with Crippen molar-refractivity contribution in [2.45, 2.75) is 13.1 Å². The van der Waals surface area contributed by atoms with Gasteiger partial charge in [-0.05, 0) is 5.56 Å². The van der Waals surface area contributed by atoms with Gasteiger partial charge < -0.3 is 24.2 Å². The SMILES string of the molecule is O=C1c2nc(N3CCOCC3)nc(N3CCOCC3)c2CN1Cc1ccccc1. The van der Waals surface area contributed by atoms with Gasteiger partial charge in [-0.3, -0.25) is 4.79 Å². The molecule has 0 saturated carbocycles. The first-order valence-corrected chi connectivity index (χ1v) is 10.2. The van der Waals surface area contributed by atoms with Crippen LogP contribution in [0.3, 0.4) is 0 Å². The number of carbonyl (C=O) groups excluding carboxylic acids is 1. The summed E-state index contributed by atoms with van der Waals surface area (Å²) in [4.78, 5) is 29.1. The Kier molecular flexibility index (Phi) is 5.03. The molecule has 0 N–H and O–H groups in total. The molecule has 1 aromatic carbocycles. The molecule has 0 radical (unpaired) electrons. The van der Waals surface area contributed by atoms with E-state index in [-0.39, 0.29) is 5.91 Å². The molecule has 0 aliphatic carbocycles. The fraction of sp³-hybridized carbons (Fsp3) is 0.476. The molecular formula is C21H25N5O3. The van der Waals surface area contributed by atoms with Gasteiger partial charge in [0.15, 0.2) is 0 Å². The van der Waals surface area contributed by atoms with Crippen molar-refractivity contribution >= 4 is 17.7 Å². The lowest BCUT2D eigenvalue weighted by Gasteiger charge is -2.31. The number of amides is 1. The fourth-order valence-electron chi connectivity index (χ4n) is 4.07. The Morgan fingerprint density at radius 1 is 0.862 bits per heavy atom. The molecule has 1 aromatic heterocycles. The average molecular weight is 395 g/mol. The van der Waals surface area contributed by atoms with Gasteiger partial charge in [-0.25, -0.2) is 4.98 Å². The fourth-order valence-corrected chi connectivity index (χ4v) is 4.07. The van der Waals surface area contributed by atoms with E-state index in [1.54, 1.807) is 0 Å². The lowest BCUT2D eigenvalue weighted by molar-refractivity contribution is 0.0762. The quantitative estimate of drug-likeness (QED) is 0.773. The summed E-state index contributed by atoms with van der Waals surface area (Å²) in [5.41, 5.74) is 2.59. The predicted octanol–water partition coefficient (Wildman–Crippen LogP) is 1.31. The average Bonchev–Trinajstić information content (AvgIpc) is 3.10. The second-order valence-electron chi connectivity index (χ2n) is 7.52. The van der Waals surface area contributed by atoms with Crippen LogP contribution in [0.5, 0.6) is 0 Å². The number of fused-ring (bicyclic) bond motifs is 1. The van der Waals surface area contributed by atoms with E-state index in [2.05, 4.69) is 9.80 Å². The largest absolute Gasteiger partial charge is 0.378 e. The van der Waals surface area contributed by atoms with Crippen molar-refractivity contribution in [2.24, 2.45) is 0 Å². The molecule has 0 unspecified atom stereocenters. The van der Waals surface area contributed by atoms with Crippen LogP contribution < -0.4 is 9.80 Å². The van der Waals surface area contributed by atoms with Crippen molar-refractivity contribution < 1.29 is 14.3 Å². The zero-order valence-corrected chi connectivity index (χ0v) is 16.4. The van der Waals surface area contributed by atoms with E-state index in [0.717, 1.165) is 43.1 Å². The molecule has 3 aliphatic heterocycles. The zero-order valence-electron chi connectivity index (χ0n) is 16.4. The van der Waals surface area contributed by atoms with Crippen LogP contribution in [-0.4, -0.2) is 73.4 Å². The van der Waals surface area contributed by atoms with Gasteiger partial charge in [-0.1, -0.05) is 30.3 Å². The molecule has 8 nitrogen and oxygen atoms in total. The van der Waals surface area contributed by atoms with Gasteiger partial charge in [0.25, 0.3) is 5.91 Å². The molecule has 8 heteroatoms. The normalized spacial score (nSPS) is 19.6. The van der Waals surface area contributed by atoms with Crippen molar-refractivity contribution in [3.63, 3.8) is 0 Å². The molecule has 0 spiro atoms. The molecular weight excluding hydrogens is 370 g/mol. The summed E-state index contributed by atoms with van der Waals surface area (Å²) in [6.07, 6.45) is 0. The maximum atomic E-state index is 13.2. The highest BCUT2D eigenvalue weighted by Crippen LogP contribution is 2.32. The van der Waals surface area contributed by atoms with Crippen molar-refractivity contribution in [2.75, 3.05) is 62.4 Å². The molecule has 152 valence electrons. The van der Waals surface area contributed by atoms with Gasteiger partial charge >= 0.3 is 0 Å². The molecule has 0 bridgehead atoms. The van der Waals surface area contributed by atoms with E-state index in [9.17, 15) is 4.79 Å². The smallest absolute Gasteiger partial charge is 0.273 e. The number of hydrogen-bond acceptors (Lipinski definition) is 7.